The molecule has 1 atom stereocenters. The lowest BCUT2D eigenvalue weighted by atomic mass is 10.3. The van der Waals surface area contributed by atoms with Gasteiger partial charge in [-0.25, -0.2) is 9.48 Å². The van der Waals surface area contributed by atoms with Crippen LogP contribution in [0, 0.1) is 0 Å². The summed E-state index contributed by atoms with van der Waals surface area (Å²) in [5, 5.41) is 6.78. The van der Waals surface area contributed by atoms with Crippen molar-refractivity contribution < 1.29 is 19.1 Å². The molecule has 0 unspecified atom stereocenters. The molecular formula is C16H19N3O4. The van der Waals surface area contributed by atoms with Crippen molar-refractivity contribution in [2.24, 2.45) is 0 Å². The summed E-state index contributed by atoms with van der Waals surface area (Å²) in [6.45, 7) is 3.76. The highest BCUT2D eigenvalue weighted by molar-refractivity contribution is 5.92. The molecule has 0 radical (unpaired) electrons. The molecule has 1 heterocycles. The first-order chi connectivity index (χ1) is 11.1. The van der Waals surface area contributed by atoms with Crippen LogP contribution in [0.15, 0.2) is 36.5 Å². The molecular weight excluding hydrogens is 298 g/mol. The van der Waals surface area contributed by atoms with E-state index in [0.29, 0.717) is 6.54 Å². The summed E-state index contributed by atoms with van der Waals surface area (Å²) in [5.74, 6) is -0.792. The molecule has 0 aliphatic rings. The average molecular weight is 317 g/mol. The second-order valence-corrected chi connectivity index (χ2v) is 4.77. The molecule has 1 amide bonds. The van der Waals surface area contributed by atoms with Crippen molar-refractivity contribution in [2.75, 3.05) is 13.7 Å². The zero-order valence-corrected chi connectivity index (χ0v) is 13.3. The normalized spacial score (nSPS) is 11.6. The van der Waals surface area contributed by atoms with Gasteiger partial charge < -0.3 is 14.8 Å². The molecule has 0 bridgehead atoms. The summed E-state index contributed by atoms with van der Waals surface area (Å²) in [4.78, 5) is 23.9. The van der Waals surface area contributed by atoms with Gasteiger partial charge in [-0.2, -0.15) is 5.10 Å². The van der Waals surface area contributed by atoms with Crippen molar-refractivity contribution in [3.05, 3.63) is 42.2 Å². The van der Waals surface area contributed by atoms with Gasteiger partial charge in [0.05, 0.1) is 19.0 Å². The minimum Gasteiger partial charge on any atom is -0.493 e. The van der Waals surface area contributed by atoms with Crippen LogP contribution in [0.1, 0.15) is 24.3 Å². The largest absolute Gasteiger partial charge is 0.493 e. The van der Waals surface area contributed by atoms with Gasteiger partial charge in [-0.15, -0.1) is 0 Å². The number of benzene rings is 1. The highest BCUT2D eigenvalue weighted by atomic mass is 16.6. The third-order valence-electron chi connectivity index (χ3n) is 3.12. The molecule has 7 heteroatoms. The van der Waals surface area contributed by atoms with Gasteiger partial charge in [-0.3, -0.25) is 4.79 Å². The van der Waals surface area contributed by atoms with Gasteiger partial charge in [0.25, 0.3) is 5.91 Å². The summed E-state index contributed by atoms with van der Waals surface area (Å²) in [6.07, 6.45) is 0.678. The third kappa shape index (κ3) is 3.88. The molecule has 0 fully saturated rings. The summed E-state index contributed by atoms with van der Waals surface area (Å²) in [6, 6.07) is 9.29. The van der Waals surface area contributed by atoms with Gasteiger partial charge in [-0.1, -0.05) is 18.2 Å². The van der Waals surface area contributed by atoms with Crippen LogP contribution in [0.2, 0.25) is 0 Å². The Kier molecular flexibility index (Phi) is 5.35. The molecule has 1 N–H and O–H groups in total. The maximum atomic E-state index is 12.2. The standard InChI is InChI=1S/C16H19N3O4/c1-4-17-15(20)11(2)23-16(21)14-13(22-3)10-19(18-14)12-8-6-5-7-9-12/h5-11H,4H2,1-3H3,(H,17,20)/t11-/m0/s1. The predicted molar refractivity (Wildman–Crippen MR) is 83.7 cm³/mol. The molecule has 0 spiro atoms. The van der Waals surface area contributed by atoms with E-state index in [2.05, 4.69) is 10.4 Å². The maximum absolute atomic E-state index is 12.2. The second kappa shape index (κ2) is 7.44. The third-order valence-corrected chi connectivity index (χ3v) is 3.12. The van der Waals surface area contributed by atoms with Crippen molar-refractivity contribution in [3.63, 3.8) is 0 Å². The lowest BCUT2D eigenvalue weighted by Crippen LogP contribution is -2.35. The minimum atomic E-state index is -0.908. The van der Waals surface area contributed by atoms with Gasteiger partial charge in [0.1, 0.15) is 0 Å². The van der Waals surface area contributed by atoms with E-state index >= 15 is 0 Å². The van der Waals surface area contributed by atoms with Crippen molar-refractivity contribution >= 4 is 11.9 Å². The molecule has 1 aromatic heterocycles. The Morgan fingerprint density at radius 1 is 1.30 bits per heavy atom. The van der Waals surface area contributed by atoms with Gasteiger partial charge in [0.15, 0.2) is 11.9 Å². The molecule has 2 rings (SSSR count). The van der Waals surface area contributed by atoms with E-state index in [1.807, 2.05) is 30.3 Å². The molecule has 2 aromatic rings. The lowest BCUT2D eigenvalue weighted by Gasteiger charge is -2.11. The Morgan fingerprint density at radius 3 is 2.61 bits per heavy atom. The number of likely N-dealkylation sites (N-methyl/N-ethyl adjacent to an activating group) is 1. The average Bonchev–Trinajstić information content (AvgIpc) is 3.00. The minimum absolute atomic E-state index is 0.0208. The van der Waals surface area contributed by atoms with Crippen molar-refractivity contribution in [3.8, 4) is 11.4 Å². The highest BCUT2D eigenvalue weighted by Gasteiger charge is 2.24. The monoisotopic (exact) mass is 317 g/mol. The Morgan fingerprint density at radius 2 is 2.00 bits per heavy atom. The van der Waals surface area contributed by atoms with E-state index in [1.165, 1.54) is 18.7 Å². The number of amides is 1. The topological polar surface area (TPSA) is 82.5 Å². The number of rotatable bonds is 6. The van der Waals surface area contributed by atoms with Crippen LogP contribution in [0.5, 0.6) is 5.75 Å². The van der Waals surface area contributed by atoms with E-state index in [0.717, 1.165) is 5.69 Å². The number of aromatic nitrogens is 2. The Hall–Kier alpha value is -2.83. The smallest absolute Gasteiger partial charge is 0.363 e. The van der Waals surface area contributed by atoms with Crippen LogP contribution < -0.4 is 10.1 Å². The molecule has 0 aliphatic heterocycles. The van der Waals surface area contributed by atoms with Crippen LogP contribution in [0.3, 0.4) is 0 Å². The fourth-order valence-corrected chi connectivity index (χ4v) is 1.95. The number of hydrogen-bond acceptors (Lipinski definition) is 5. The van der Waals surface area contributed by atoms with Crippen LogP contribution in [-0.4, -0.2) is 41.4 Å². The Balaban J connectivity index is 2.20. The van der Waals surface area contributed by atoms with Gasteiger partial charge in [0.2, 0.25) is 5.69 Å². The number of nitrogens with one attached hydrogen (secondary N) is 1. The molecule has 0 aliphatic carbocycles. The summed E-state index contributed by atoms with van der Waals surface area (Å²) >= 11 is 0. The predicted octanol–water partition coefficient (Wildman–Crippen LogP) is 1.56. The van der Waals surface area contributed by atoms with Gasteiger partial charge >= 0.3 is 5.97 Å². The van der Waals surface area contributed by atoms with Crippen molar-refractivity contribution in [2.45, 2.75) is 20.0 Å². The van der Waals surface area contributed by atoms with Crippen molar-refractivity contribution in [1.29, 1.82) is 0 Å². The number of carbonyl (C=O) groups is 2. The number of ether oxygens (including phenoxy) is 2. The number of para-hydroxylation sites is 1. The van der Waals surface area contributed by atoms with E-state index < -0.39 is 12.1 Å². The second-order valence-electron chi connectivity index (χ2n) is 4.77. The van der Waals surface area contributed by atoms with Crippen LogP contribution in [0.25, 0.3) is 5.69 Å². The first-order valence-electron chi connectivity index (χ1n) is 7.24. The zero-order chi connectivity index (χ0) is 16.8. The lowest BCUT2D eigenvalue weighted by molar-refractivity contribution is -0.128. The first-order valence-corrected chi connectivity index (χ1v) is 7.24. The van der Waals surface area contributed by atoms with Crippen LogP contribution in [-0.2, 0) is 9.53 Å². The van der Waals surface area contributed by atoms with E-state index in [1.54, 1.807) is 13.1 Å². The van der Waals surface area contributed by atoms with Gasteiger partial charge in [-0.05, 0) is 26.0 Å². The molecule has 0 saturated carbocycles. The fraction of sp³-hybridized carbons (Fsp3) is 0.312. The van der Waals surface area contributed by atoms with Crippen molar-refractivity contribution in [1.82, 2.24) is 15.1 Å². The number of esters is 1. The van der Waals surface area contributed by atoms with E-state index in [4.69, 9.17) is 9.47 Å². The van der Waals surface area contributed by atoms with E-state index in [-0.39, 0.29) is 17.4 Å². The molecule has 23 heavy (non-hydrogen) atoms. The van der Waals surface area contributed by atoms with Gasteiger partial charge in [0, 0.05) is 6.54 Å². The number of carbonyl (C=O) groups excluding carboxylic acids is 2. The molecule has 7 nitrogen and oxygen atoms in total. The number of nitrogens with zero attached hydrogens (tertiary/aromatic N) is 2. The summed E-state index contributed by atoms with van der Waals surface area (Å²) in [7, 11) is 1.44. The molecule has 122 valence electrons. The Bertz CT molecular complexity index is 682. The van der Waals surface area contributed by atoms with Crippen LogP contribution in [0.4, 0.5) is 0 Å². The Labute approximate surface area is 134 Å². The molecule has 1 aromatic carbocycles. The first kappa shape index (κ1) is 16.5. The number of hydrogen-bond donors (Lipinski definition) is 1. The fourth-order valence-electron chi connectivity index (χ4n) is 1.95. The van der Waals surface area contributed by atoms with E-state index in [9.17, 15) is 9.59 Å². The summed E-state index contributed by atoms with van der Waals surface area (Å²) in [5.41, 5.74) is 0.800. The summed E-state index contributed by atoms with van der Waals surface area (Å²) < 4.78 is 11.8. The quantitative estimate of drug-likeness (QED) is 0.818. The van der Waals surface area contributed by atoms with Crippen LogP contribution >= 0.6 is 0 Å². The number of methoxy groups -OCH3 is 1. The zero-order valence-electron chi connectivity index (χ0n) is 13.3. The maximum Gasteiger partial charge on any atom is 0.363 e. The highest BCUT2D eigenvalue weighted by Crippen LogP contribution is 2.20. The molecule has 0 saturated heterocycles. The SMILES string of the molecule is CCNC(=O)[C@H](C)OC(=O)c1nn(-c2ccccc2)cc1OC.